The van der Waals surface area contributed by atoms with Crippen LogP contribution in [0, 0.1) is 12.8 Å². The van der Waals surface area contributed by atoms with Crippen molar-refractivity contribution in [2.24, 2.45) is 5.92 Å². The van der Waals surface area contributed by atoms with Crippen LogP contribution >= 0.6 is 0 Å². The molecule has 0 aromatic heterocycles. The van der Waals surface area contributed by atoms with Crippen molar-refractivity contribution in [3.63, 3.8) is 0 Å². The largest absolute Gasteiger partial charge is 0.480 e. The Bertz CT molecular complexity index is 584. The Hall–Kier alpha value is -2.37. The van der Waals surface area contributed by atoms with E-state index in [9.17, 15) is 14.4 Å². The lowest BCUT2D eigenvalue weighted by molar-refractivity contribution is -0.144. The molecule has 6 nitrogen and oxygen atoms in total. The van der Waals surface area contributed by atoms with E-state index in [0.717, 1.165) is 10.5 Å². The van der Waals surface area contributed by atoms with Crippen molar-refractivity contribution in [1.82, 2.24) is 10.2 Å². The van der Waals surface area contributed by atoms with Crippen LogP contribution in [0.5, 0.6) is 0 Å². The van der Waals surface area contributed by atoms with Crippen molar-refractivity contribution in [3.05, 3.63) is 35.4 Å². The SMILES string of the molecule is Cc1ccccc1C(=O)NC(CC(C)C)C(=O)N(C)CC(=O)O. The zero-order valence-electron chi connectivity index (χ0n) is 14.0. The Balaban J connectivity index is 2.90. The topological polar surface area (TPSA) is 86.7 Å². The van der Waals surface area contributed by atoms with Crippen LogP contribution in [0.2, 0.25) is 0 Å². The molecule has 0 heterocycles. The van der Waals surface area contributed by atoms with Crippen molar-refractivity contribution < 1.29 is 19.5 Å². The molecular weight excluding hydrogens is 296 g/mol. The normalized spacial score (nSPS) is 11.9. The van der Waals surface area contributed by atoms with E-state index in [2.05, 4.69) is 5.32 Å². The van der Waals surface area contributed by atoms with Gasteiger partial charge in [-0.3, -0.25) is 14.4 Å². The number of amides is 2. The van der Waals surface area contributed by atoms with E-state index in [-0.39, 0.29) is 11.8 Å². The Morgan fingerprint density at radius 2 is 1.83 bits per heavy atom. The van der Waals surface area contributed by atoms with Crippen LogP contribution in [-0.2, 0) is 9.59 Å². The van der Waals surface area contributed by atoms with Gasteiger partial charge in [-0.05, 0) is 30.9 Å². The molecule has 6 heteroatoms. The Kier molecular flexibility index (Phi) is 6.75. The number of likely N-dealkylation sites (N-methyl/N-ethyl adjacent to an activating group) is 1. The third-order valence-corrected chi connectivity index (χ3v) is 3.45. The number of benzene rings is 1. The first-order chi connectivity index (χ1) is 10.7. The molecule has 0 spiro atoms. The number of hydrogen-bond acceptors (Lipinski definition) is 3. The molecule has 0 fully saturated rings. The molecule has 0 aliphatic heterocycles. The van der Waals surface area contributed by atoms with Gasteiger partial charge in [-0.25, -0.2) is 0 Å². The number of rotatable bonds is 7. The summed E-state index contributed by atoms with van der Waals surface area (Å²) in [5, 5.41) is 11.5. The molecule has 0 radical (unpaired) electrons. The van der Waals surface area contributed by atoms with E-state index >= 15 is 0 Å². The fraction of sp³-hybridized carbons (Fsp3) is 0.471. The van der Waals surface area contributed by atoms with Crippen molar-refractivity contribution in [2.45, 2.75) is 33.2 Å². The summed E-state index contributed by atoms with van der Waals surface area (Å²) in [6, 6.07) is 6.38. The Morgan fingerprint density at radius 3 is 2.35 bits per heavy atom. The molecule has 1 unspecified atom stereocenters. The highest BCUT2D eigenvalue weighted by atomic mass is 16.4. The number of nitrogens with one attached hydrogen (secondary N) is 1. The molecule has 23 heavy (non-hydrogen) atoms. The molecule has 0 aliphatic rings. The van der Waals surface area contributed by atoms with Gasteiger partial charge < -0.3 is 15.3 Å². The van der Waals surface area contributed by atoms with Crippen molar-refractivity contribution >= 4 is 17.8 Å². The van der Waals surface area contributed by atoms with Gasteiger partial charge in [0.15, 0.2) is 0 Å². The zero-order valence-corrected chi connectivity index (χ0v) is 14.0. The predicted molar refractivity (Wildman–Crippen MR) is 87.2 cm³/mol. The third-order valence-electron chi connectivity index (χ3n) is 3.45. The van der Waals surface area contributed by atoms with Crippen LogP contribution in [0.1, 0.15) is 36.2 Å². The van der Waals surface area contributed by atoms with Gasteiger partial charge in [0, 0.05) is 12.6 Å². The fourth-order valence-electron chi connectivity index (χ4n) is 2.30. The molecular formula is C17H24N2O4. The van der Waals surface area contributed by atoms with E-state index in [1.54, 1.807) is 12.1 Å². The van der Waals surface area contributed by atoms with E-state index in [1.807, 2.05) is 32.9 Å². The quantitative estimate of drug-likeness (QED) is 0.800. The summed E-state index contributed by atoms with van der Waals surface area (Å²) >= 11 is 0. The second-order valence-corrected chi connectivity index (χ2v) is 6.06. The van der Waals surface area contributed by atoms with Crippen LogP contribution in [0.25, 0.3) is 0 Å². The molecule has 0 saturated heterocycles. The minimum Gasteiger partial charge on any atom is -0.480 e. The van der Waals surface area contributed by atoms with Crippen molar-refractivity contribution in [2.75, 3.05) is 13.6 Å². The smallest absolute Gasteiger partial charge is 0.323 e. The maximum Gasteiger partial charge on any atom is 0.323 e. The number of aliphatic carboxylic acids is 1. The number of aryl methyl sites for hydroxylation is 1. The number of carboxylic acids is 1. The number of carboxylic acid groups (broad SMARTS) is 1. The number of nitrogens with zero attached hydrogens (tertiary/aromatic N) is 1. The molecule has 1 rings (SSSR count). The first-order valence-corrected chi connectivity index (χ1v) is 7.55. The monoisotopic (exact) mass is 320 g/mol. The first-order valence-electron chi connectivity index (χ1n) is 7.55. The fourth-order valence-corrected chi connectivity index (χ4v) is 2.30. The van der Waals surface area contributed by atoms with Gasteiger partial charge in [-0.1, -0.05) is 32.0 Å². The summed E-state index contributed by atoms with van der Waals surface area (Å²) in [6.07, 6.45) is 0.445. The number of carbonyl (C=O) groups excluding carboxylic acids is 2. The van der Waals surface area contributed by atoms with Crippen LogP contribution in [-0.4, -0.2) is 47.4 Å². The van der Waals surface area contributed by atoms with Gasteiger partial charge in [0.05, 0.1) is 0 Å². The van der Waals surface area contributed by atoms with Gasteiger partial charge in [0.25, 0.3) is 5.91 Å². The second kappa shape index (κ2) is 8.31. The summed E-state index contributed by atoms with van der Waals surface area (Å²) in [6.45, 7) is 5.31. The number of carbonyl (C=O) groups is 3. The molecule has 2 N–H and O–H groups in total. The summed E-state index contributed by atoms with van der Waals surface area (Å²) in [5.74, 6) is -1.64. The lowest BCUT2D eigenvalue weighted by Gasteiger charge is -2.25. The molecule has 126 valence electrons. The minimum absolute atomic E-state index is 0.180. The van der Waals surface area contributed by atoms with Crippen molar-refractivity contribution in [3.8, 4) is 0 Å². The highest BCUT2D eigenvalue weighted by Crippen LogP contribution is 2.11. The van der Waals surface area contributed by atoms with E-state index < -0.39 is 24.5 Å². The molecule has 0 aliphatic carbocycles. The van der Waals surface area contributed by atoms with Gasteiger partial charge in [-0.15, -0.1) is 0 Å². The zero-order chi connectivity index (χ0) is 17.6. The van der Waals surface area contributed by atoms with Crippen molar-refractivity contribution in [1.29, 1.82) is 0 Å². The maximum absolute atomic E-state index is 12.4. The van der Waals surface area contributed by atoms with E-state index in [1.165, 1.54) is 7.05 Å². The Morgan fingerprint density at radius 1 is 1.22 bits per heavy atom. The van der Waals surface area contributed by atoms with Crippen LogP contribution in [0.4, 0.5) is 0 Å². The van der Waals surface area contributed by atoms with Gasteiger partial charge in [0.2, 0.25) is 5.91 Å². The van der Waals surface area contributed by atoms with Crippen LogP contribution < -0.4 is 5.32 Å². The highest BCUT2D eigenvalue weighted by Gasteiger charge is 2.26. The Labute approximate surface area is 136 Å². The molecule has 0 bridgehead atoms. The molecule has 1 aromatic rings. The number of hydrogen-bond donors (Lipinski definition) is 2. The minimum atomic E-state index is -1.09. The van der Waals surface area contributed by atoms with Crippen LogP contribution in [0.3, 0.4) is 0 Å². The first kappa shape index (κ1) is 18.7. The molecule has 0 saturated carbocycles. The molecule has 2 amide bonds. The van der Waals surface area contributed by atoms with Gasteiger partial charge in [-0.2, -0.15) is 0 Å². The molecule has 1 atom stereocenters. The lowest BCUT2D eigenvalue weighted by Crippen LogP contribution is -2.49. The summed E-state index contributed by atoms with van der Waals surface area (Å²) in [5.41, 5.74) is 1.33. The summed E-state index contributed by atoms with van der Waals surface area (Å²) in [7, 11) is 1.42. The lowest BCUT2D eigenvalue weighted by atomic mass is 10.0. The maximum atomic E-state index is 12.4. The van der Waals surface area contributed by atoms with Gasteiger partial charge >= 0.3 is 5.97 Å². The van der Waals surface area contributed by atoms with Gasteiger partial charge in [0.1, 0.15) is 12.6 Å². The van der Waals surface area contributed by atoms with E-state index in [0.29, 0.717) is 12.0 Å². The third kappa shape index (κ3) is 5.73. The standard InChI is InChI=1S/C17H24N2O4/c1-11(2)9-14(17(23)19(4)10-15(20)21)18-16(22)13-8-6-5-7-12(13)3/h5-8,11,14H,9-10H2,1-4H3,(H,18,22)(H,20,21). The highest BCUT2D eigenvalue weighted by molar-refractivity contribution is 5.98. The summed E-state index contributed by atoms with van der Waals surface area (Å²) < 4.78 is 0. The average Bonchev–Trinajstić information content (AvgIpc) is 2.44. The summed E-state index contributed by atoms with van der Waals surface area (Å²) in [4.78, 5) is 36.7. The second-order valence-electron chi connectivity index (χ2n) is 6.06. The molecule has 1 aromatic carbocycles. The predicted octanol–water partition coefficient (Wildman–Crippen LogP) is 1.68. The average molecular weight is 320 g/mol. The van der Waals surface area contributed by atoms with E-state index in [4.69, 9.17) is 5.11 Å². The van der Waals surface area contributed by atoms with Crippen LogP contribution in [0.15, 0.2) is 24.3 Å².